The average Bonchev–Trinajstić information content (AvgIpc) is 2.73. The quantitative estimate of drug-likeness (QED) is 0.629. The maximum atomic E-state index is 6.20. The second-order valence-corrected chi connectivity index (χ2v) is 7.53. The van der Waals surface area contributed by atoms with Gasteiger partial charge in [-0.2, -0.15) is 0 Å². The summed E-state index contributed by atoms with van der Waals surface area (Å²) in [6.07, 6.45) is 4.11. The maximum Gasteiger partial charge on any atom is 0.137 e. The minimum atomic E-state index is -0.742. The highest BCUT2D eigenvalue weighted by atomic mass is 16.5. The standard InChI is InChI=1S/C21H21BO/c1-12-13(2)19-15(10-11-21(5,22)23-19)18-17(12)14-8-6-7-9-16(14)20(18,3)4/h6-11H,1-5H3. The Morgan fingerprint density at radius 3 is 2.43 bits per heavy atom. The Bertz CT molecular complexity index is 872. The van der Waals surface area contributed by atoms with Gasteiger partial charge in [0, 0.05) is 11.0 Å². The van der Waals surface area contributed by atoms with Crippen LogP contribution in [0.1, 0.15) is 48.6 Å². The van der Waals surface area contributed by atoms with Crippen molar-refractivity contribution >= 4 is 13.9 Å². The molecule has 1 aliphatic heterocycles. The van der Waals surface area contributed by atoms with Gasteiger partial charge in [-0.3, -0.25) is 0 Å². The first-order chi connectivity index (χ1) is 10.7. The molecule has 1 aliphatic carbocycles. The van der Waals surface area contributed by atoms with Crippen LogP contribution < -0.4 is 4.74 Å². The first kappa shape index (κ1) is 14.6. The van der Waals surface area contributed by atoms with Gasteiger partial charge in [0.25, 0.3) is 0 Å². The van der Waals surface area contributed by atoms with Gasteiger partial charge in [-0.05, 0) is 54.2 Å². The van der Waals surface area contributed by atoms with Gasteiger partial charge in [-0.1, -0.05) is 50.3 Å². The summed E-state index contributed by atoms with van der Waals surface area (Å²) in [5.74, 6) is 0.939. The third kappa shape index (κ3) is 1.81. The van der Waals surface area contributed by atoms with Crippen molar-refractivity contribution in [3.8, 4) is 16.9 Å². The first-order valence-corrected chi connectivity index (χ1v) is 8.18. The molecular weight excluding hydrogens is 279 g/mol. The van der Waals surface area contributed by atoms with E-state index in [1.165, 1.54) is 38.9 Å². The molecule has 0 spiro atoms. The number of hydrogen-bond donors (Lipinski definition) is 0. The molecule has 2 aromatic carbocycles. The van der Waals surface area contributed by atoms with E-state index in [2.05, 4.69) is 58.0 Å². The van der Waals surface area contributed by atoms with Gasteiger partial charge in [-0.15, -0.1) is 0 Å². The molecule has 2 aromatic rings. The Balaban J connectivity index is 2.14. The molecule has 1 nitrogen and oxygen atoms in total. The average molecular weight is 300 g/mol. The van der Waals surface area contributed by atoms with E-state index in [0.717, 1.165) is 5.75 Å². The summed E-state index contributed by atoms with van der Waals surface area (Å²) in [5.41, 5.74) is 8.37. The smallest absolute Gasteiger partial charge is 0.137 e. The van der Waals surface area contributed by atoms with Gasteiger partial charge < -0.3 is 4.74 Å². The number of ether oxygens (including phenoxy) is 1. The summed E-state index contributed by atoms with van der Waals surface area (Å²) >= 11 is 0. The summed E-state index contributed by atoms with van der Waals surface area (Å²) in [4.78, 5) is 0. The molecule has 1 unspecified atom stereocenters. The Kier molecular flexibility index (Phi) is 2.74. The molecule has 0 aromatic heterocycles. The zero-order valence-corrected chi connectivity index (χ0v) is 14.4. The number of fused-ring (bicyclic) bond motifs is 5. The largest absolute Gasteiger partial charge is 0.493 e. The molecule has 0 saturated carbocycles. The number of benzene rings is 2. The highest BCUT2D eigenvalue weighted by Crippen LogP contribution is 2.55. The zero-order valence-electron chi connectivity index (χ0n) is 14.4. The molecule has 0 bridgehead atoms. The fourth-order valence-corrected chi connectivity index (χ4v) is 4.16. The Morgan fingerprint density at radius 1 is 1.00 bits per heavy atom. The number of hydrogen-bond acceptors (Lipinski definition) is 1. The molecule has 1 atom stereocenters. The fraction of sp³-hybridized carbons (Fsp3) is 0.333. The molecule has 2 heteroatoms. The highest BCUT2D eigenvalue weighted by Gasteiger charge is 2.41. The topological polar surface area (TPSA) is 9.23 Å². The Hall–Kier alpha value is -1.96. The van der Waals surface area contributed by atoms with Crippen molar-refractivity contribution in [1.29, 1.82) is 0 Å². The normalized spacial score (nSPS) is 23.0. The van der Waals surface area contributed by atoms with Crippen molar-refractivity contribution in [2.24, 2.45) is 0 Å². The molecular formula is C21H21BO. The monoisotopic (exact) mass is 300 g/mol. The van der Waals surface area contributed by atoms with Gasteiger partial charge in [0.15, 0.2) is 0 Å². The lowest BCUT2D eigenvalue weighted by molar-refractivity contribution is 0.222. The van der Waals surface area contributed by atoms with E-state index < -0.39 is 5.50 Å². The lowest BCUT2D eigenvalue weighted by Gasteiger charge is -2.34. The minimum absolute atomic E-state index is 0.0372. The van der Waals surface area contributed by atoms with E-state index in [1.54, 1.807) is 0 Å². The molecule has 2 radical (unpaired) electrons. The summed E-state index contributed by atoms with van der Waals surface area (Å²) in [5, 5.41) is 0. The molecule has 0 saturated heterocycles. The van der Waals surface area contributed by atoms with Crippen LogP contribution in [-0.2, 0) is 5.41 Å². The molecule has 0 N–H and O–H groups in total. The summed E-state index contributed by atoms with van der Waals surface area (Å²) in [6.45, 7) is 10.8. The maximum absolute atomic E-state index is 6.20. The van der Waals surface area contributed by atoms with Crippen molar-refractivity contribution in [1.82, 2.24) is 0 Å². The molecule has 0 fully saturated rings. The van der Waals surface area contributed by atoms with Crippen LogP contribution in [0.2, 0.25) is 0 Å². The van der Waals surface area contributed by atoms with E-state index in [-0.39, 0.29) is 5.41 Å². The van der Waals surface area contributed by atoms with Crippen LogP contribution in [0.25, 0.3) is 17.2 Å². The molecule has 2 aliphatic rings. The van der Waals surface area contributed by atoms with Crippen molar-refractivity contribution < 1.29 is 4.74 Å². The van der Waals surface area contributed by atoms with E-state index in [4.69, 9.17) is 12.6 Å². The zero-order chi connectivity index (χ0) is 16.6. The van der Waals surface area contributed by atoms with Gasteiger partial charge in [-0.25, -0.2) is 0 Å². The molecule has 1 heterocycles. The first-order valence-electron chi connectivity index (χ1n) is 8.18. The van der Waals surface area contributed by atoms with Crippen molar-refractivity contribution in [2.75, 3.05) is 0 Å². The van der Waals surface area contributed by atoms with Crippen LogP contribution in [0, 0.1) is 13.8 Å². The third-order valence-electron chi connectivity index (χ3n) is 5.44. The summed E-state index contributed by atoms with van der Waals surface area (Å²) in [6, 6.07) is 8.74. The van der Waals surface area contributed by atoms with Crippen LogP contribution in [0.5, 0.6) is 5.75 Å². The fourth-order valence-electron chi connectivity index (χ4n) is 4.16. The highest BCUT2D eigenvalue weighted by molar-refractivity contribution is 6.16. The van der Waals surface area contributed by atoms with E-state index in [1.807, 2.05) is 13.0 Å². The number of rotatable bonds is 0. The van der Waals surface area contributed by atoms with Gasteiger partial charge in [0.05, 0.1) is 5.50 Å². The van der Waals surface area contributed by atoms with Crippen molar-refractivity contribution in [3.05, 3.63) is 58.2 Å². The second kappa shape index (κ2) is 4.32. The van der Waals surface area contributed by atoms with Gasteiger partial charge in [0.2, 0.25) is 0 Å². The second-order valence-electron chi connectivity index (χ2n) is 7.53. The Morgan fingerprint density at radius 2 is 1.70 bits per heavy atom. The minimum Gasteiger partial charge on any atom is -0.493 e. The van der Waals surface area contributed by atoms with E-state index in [0.29, 0.717) is 0 Å². The van der Waals surface area contributed by atoms with Gasteiger partial charge in [0.1, 0.15) is 13.6 Å². The predicted molar refractivity (Wildman–Crippen MR) is 97.3 cm³/mol. The van der Waals surface area contributed by atoms with Crippen LogP contribution in [0.15, 0.2) is 30.3 Å². The van der Waals surface area contributed by atoms with E-state index in [9.17, 15) is 0 Å². The lowest BCUT2D eigenvalue weighted by atomic mass is 9.75. The molecule has 0 amide bonds. The predicted octanol–water partition coefficient (Wildman–Crippen LogP) is 4.90. The molecule has 23 heavy (non-hydrogen) atoms. The van der Waals surface area contributed by atoms with Crippen LogP contribution in [0.3, 0.4) is 0 Å². The lowest BCUT2D eigenvalue weighted by Crippen LogP contribution is -2.33. The summed E-state index contributed by atoms with van der Waals surface area (Å²) < 4.78 is 6.14. The van der Waals surface area contributed by atoms with Crippen LogP contribution in [0.4, 0.5) is 0 Å². The van der Waals surface area contributed by atoms with Gasteiger partial charge >= 0.3 is 0 Å². The Labute approximate surface area is 139 Å². The third-order valence-corrected chi connectivity index (χ3v) is 5.44. The molecule has 114 valence electrons. The van der Waals surface area contributed by atoms with Crippen LogP contribution in [-0.4, -0.2) is 13.3 Å². The van der Waals surface area contributed by atoms with Crippen LogP contribution >= 0.6 is 0 Å². The van der Waals surface area contributed by atoms with E-state index >= 15 is 0 Å². The summed E-state index contributed by atoms with van der Waals surface area (Å²) in [7, 11) is 6.20. The molecule has 4 rings (SSSR count). The van der Waals surface area contributed by atoms with Crippen molar-refractivity contribution in [2.45, 2.75) is 45.5 Å². The SMILES string of the molecule is [B]C1(C)C=Cc2c(c(C)c(C)c3c2C(C)(C)c2ccccc2-3)O1. The van der Waals surface area contributed by atoms with Crippen molar-refractivity contribution in [3.63, 3.8) is 0 Å².